The van der Waals surface area contributed by atoms with Crippen molar-refractivity contribution in [1.82, 2.24) is 5.32 Å². The lowest BCUT2D eigenvalue weighted by Gasteiger charge is -2.17. The first-order valence-electron chi connectivity index (χ1n) is 6.26. The SMILES string of the molecule is CCNC(C)CCCS(=O)(=O)C(C)C(C)C. The van der Waals surface area contributed by atoms with Crippen LogP contribution in [0.5, 0.6) is 0 Å². The molecule has 0 amide bonds. The molecule has 0 spiro atoms. The average Bonchev–Trinajstić information content (AvgIpc) is 2.16. The Kier molecular flexibility index (Phi) is 7.24. The Morgan fingerprint density at radius 1 is 1.12 bits per heavy atom. The Hall–Kier alpha value is -0.0900. The van der Waals surface area contributed by atoms with E-state index >= 15 is 0 Å². The van der Waals surface area contributed by atoms with Gasteiger partial charge in [0.05, 0.1) is 11.0 Å². The van der Waals surface area contributed by atoms with Crippen molar-refractivity contribution in [2.24, 2.45) is 5.92 Å². The number of nitrogens with one attached hydrogen (secondary N) is 1. The fourth-order valence-corrected chi connectivity index (χ4v) is 3.41. The maximum Gasteiger partial charge on any atom is 0.153 e. The third kappa shape index (κ3) is 5.85. The molecule has 1 N–H and O–H groups in total. The van der Waals surface area contributed by atoms with Gasteiger partial charge in [-0.2, -0.15) is 0 Å². The monoisotopic (exact) mass is 249 g/mol. The predicted molar refractivity (Wildman–Crippen MR) is 70.5 cm³/mol. The lowest BCUT2D eigenvalue weighted by molar-refractivity contribution is 0.513. The van der Waals surface area contributed by atoms with Crippen LogP contribution < -0.4 is 5.32 Å². The van der Waals surface area contributed by atoms with E-state index in [2.05, 4.69) is 19.2 Å². The van der Waals surface area contributed by atoms with Crippen LogP contribution >= 0.6 is 0 Å². The third-order valence-electron chi connectivity index (χ3n) is 3.12. The van der Waals surface area contributed by atoms with Crippen molar-refractivity contribution in [2.45, 2.75) is 58.8 Å². The van der Waals surface area contributed by atoms with Crippen LogP contribution in [0.4, 0.5) is 0 Å². The van der Waals surface area contributed by atoms with Crippen LogP contribution in [0.3, 0.4) is 0 Å². The van der Waals surface area contributed by atoms with E-state index < -0.39 is 9.84 Å². The smallest absolute Gasteiger partial charge is 0.153 e. The molecule has 0 heterocycles. The third-order valence-corrected chi connectivity index (χ3v) is 5.66. The zero-order chi connectivity index (χ0) is 12.8. The molecule has 4 heteroatoms. The van der Waals surface area contributed by atoms with Crippen LogP contribution in [-0.4, -0.2) is 32.0 Å². The first-order valence-corrected chi connectivity index (χ1v) is 7.97. The summed E-state index contributed by atoms with van der Waals surface area (Å²) in [5, 5.41) is 3.07. The van der Waals surface area contributed by atoms with Gasteiger partial charge in [-0.15, -0.1) is 0 Å². The molecule has 0 saturated carbocycles. The average molecular weight is 249 g/mol. The zero-order valence-corrected chi connectivity index (χ0v) is 12.1. The minimum atomic E-state index is -2.90. The number of rotatable bonds is 8. The minimum absolute atomic E-state index is 0.205. The molecular formula is C12H27NO2S. The summed E-state index contributed by atoms with van der Waals surface area (Å²) in [7, 11) is -2.90. The van der Waals surface area contributed by atoms with Crippen LogP contribution in [0.15, 0.2) is 0 Å². The van der Waals surface area contributed by atoms with Crippen molar-refractivity contribution in [3.05, 3.63) is 0 Å². The van der Waals surface area contributed by atoms with E-state index in [0.717, 1.165) is 19.4 Å². The van der Waals surface area contributed by atoms with E-state index in [1.165, 1.54) is 0 Å². The quantitative estimate of drug-likeness (QED) is 0.717. The molecule has 0 bridgehead atoms. The summed E-state index contributed by atoms with van der Waals surface area (Å²) in [5.41, 5.74) is 0. The highest BCUT2D eigenvalue weighted by atomic mass is 32.2. The molecule has 0 rings (SSSR count). The molecule has 0 fully saturated rings. The van der Waals surface area contributed by atoms with Gasteiger partial charge in [0.2, 0.25) is 0 Å². The van der Waals surface area contributed by atoms with Gasteiger partial charge >= 0.3 is 0 Å². The van der Waals surface area contributed by atoms with Crippen molar-refractivity contribution in [1.29, 1.82) is 0 Å². The first-order chi connectivity index (χ1) is 7.31. The lowest BCUT2D eigenvalue weighted by Crippen LogP contribution is -2.29. The van der Waals surface area contributed by atoms with Gasteiger partial charge in [0.15, 0.2) is 9.84 Å². The molecule has 2 atom stereocenters. The molecule has 0 aromatic carbocycles. The normalized spacial score (nSPS) is 16.4. The molecule has 16 heavy (non-hydrogen) atoms. The van der Waals surface area contributed by atoms with Crippen LogP contribution in [-0.2, 0) is 9.84 Å². The van der Waals surface area contributed by atoms with Gasteiger partial charge in [0.1, 0.15) is 0 Å². The number of sulfone groups is 1. The summed E-state index contributed by atoms with van der Waals surface area (Å²) in [6.07, 6.45) is 1.69. The first kappa shape index (κ1) is 15.9. The largest absolute Gasteiger partial charge is 0.315 e. The second-order valence-electron chi connectivity index (χ2n) is 4.92. The molecule has 0 aromatic heterocycles. The van der Waals surface area contributed by atoms with Crippen molar-refractivity contribution < 1.29 is 8.42 Å². The highest BCUT2D eigenvalue weighted by Gasteiger charge is 2.23. The molecule has 3 nitrogen and oxygen atoms in total. The molecular weight excluding hydrogens is 222 g/mol. The van der Waals surface area contributed by atoms with Crippen LogP contribution in [0, 0.1) is 5.92 Å². The Balaban J connectivity index is 4.01. The van der Waals surface area contributed by atoms with Gasteiger partial charge in [-0.1, -0.05) is 20.8 Å². The Labute approximate surface area is 101 Å². The zero-order valence-electron chi connectivity index (χ0n) is 11.3. The molecule has 0 aliphatic carbocycles. The van der Waals surface area contributed by atoms with Crippen LogP contribution in [0.25, 0.3) is 0 Å². The van der Waals surface area contributed by atoms with Crippen molar-refractivity contribution in [3.63, 3.8) is 0 Å². The highest BCUT2D eigenvalue weighted by Crippen LogP contribution is 2.14. The molecule has 2 unspecified atom stereocenters. The molecule has 0 aliphatic rings. The van der Waals surface area contributed by atoms with Gasteiger partial charge < -0.3 is 5.32 Å². The molecule has 0 radical (unpaired) electrons. The van der Waals surface area contributed by atoms with Gasteiger partial charge in [-0.05, 0) is 39.2 Å². The maximum atomic E-state index is 11.9. The molecule has 98 valence electrons. The highest BCUT2D eigenvalue weighted by molar-refractivity contribution is 7.92. The van der Waals surface area contributed by atoms with E-state index in [-0.39, 0.29) is 11.2 Å². The topological polar surface area (TPSA) is 46.2 Å². The summed E-state index contributed by atoms with van der Waals surface area (Å²) in [6.45, 7) is 10.8. The van der Waals surface area contributed by atoms with E-state index in [4.69, 9.17) is 0 Å². The van der Waals surface area contributed by atoms with Gasteiger partial charge in [-0.3, -0.25) is 0 Å². The van der Waals surface area contributed by atoms with Gasteiger partial charge in [0.25, 0.3) is 0 Å². The standard InChI is InChI=1S/C12H27NO2S/c1-6-13-11(4)8-7-9-16(14,15)12(5)10(2)3/h10-13H,6-9H2,1-5H3. The summed E-state index contributed by atoms with van der Waals surface area (Å²) in [4.78, 5) is 0. The van der Waals surface area contributed by atoms with Crippen LogP contribution in [0.2, 0.25) is 0 Å². The maximum absolute atomic E-state index is 11.9. The van der Waals surface area contributed by atoms with Gasteiger partial charge in [-0.25, -0.2) is 8.42 Å². The second kappa shape index (κ2) is 7.28. The number of hydrogen-bond acceptors (Lipinski definition) is 3. The van der Waals surface area contributed by atoms with E-state index in [9.17, 15) is 8.42 Å². The van der Waals surface area contributed by atoms with Crippen molar-refractivity contribution in [3.8, 4) is 0 Å². The van der Waals surface area contributed by atoms with Gasteiger partial charge in [0, 0.05) is 6.04 Å². The fourth-order valence-electron chi connectivity index (χ4n) is 1.64. The second-order valence-corrected chi connectivity index (χ2v) is 7.39. The summed E-state index contributed by atoms with van der Waals surface area (Å²) >= 11 is 0. The summed E-state index contributed by atoms with van der Waals surface area (Å²) in [5.74, 6) is 0.526. The molecule has 0 aromatic rings. The van der Waals surface area contributed by atoms with E-state index in [0.29, 0.717) is 11.8 Å². The lowest BCUT2D eigenvalue weighted by atomic mass is 10.2. The number of hydrogen-bond donors (Lipinski definition) is 1. The molecule has 0 saturated heterocycles. The van der Waals surface area contributed by atoms with E-state index in [1.807, 2.05) is 20.8 Å². The Morgan fingerprint density at radius 3 is 2.12 bits per heavy atom. The Bertz CT molecular complexity index is 273. The summed E-state index contributed by atoms with van der Waals surface area (Å²) < 4.78 is 23.8. The Morgan fingerprint density at radius 2 is 1.69 bits per heavy atom. The minimum Gasteiger partial charge on any atom is -0.315 e. The van der Waals surface area contributed by atoms with Crippen molar-refractivity contribution >= 4 is 9.84 Å². The predicted octanol–water partition coefficient (Wildman–Crippen LogP) is 2.22. The summed E-state index contributed by atoms with van der Waals surface area (Å²) in [6, 6.07) is 0.412. The molecule has 0 aliphatic heterocycles. The van der Waals surface area contributed by atoms with Crippen LogP contribution in [0.1, 0.15) is 47.5 Å². The van der Waals surface area contributed by atoms with Crippen molar-refractivity contribution in [2.75, 3.05) is 12.3 Å². The van der Waals surface area contributed by atoms with E-state index in [1.54, 1.807) is 0 Å². The fraction of sp³-hybridized carbons (Fsp3) is 1.00.